The largest absolute Gasteiger partial charge is 0.488 e. The van der Waals surface area contributed by atoms with Gasteiger partial charge in [-0.1, -0.05) is 30.3 Å². The van der Waals surface area contributed by atoms with Gasteiger partial charge in [0.2, 0.25) is 0 Å². The molecule has 0 aliphatic rings. The molecule has 8 nitrogen and oxygen atoms in total. The lowest BCUT2D eigenvalue weighted by Crippen LogP contribution is -2.16. The Morgan fingerprint density at radius 1 is 0.862 bits per heavy atom. The van der Waals surface area contributed by atoms with Gasteiger partial charge in [-0.15, -0.1) is 0 Å². The van der Waals surface area contributed by atoms with Crippen LogP contribution in [0.5, 0.6) is 5.75 Å². The van der Waals surface area contributed by atoms with Gasteiger partial charge in [0.05, 0.1) is 24.5 Å². The van der Waals surface area contributed by atoms with Crippen LogP contribution in [0, 0.1) is 0 Å². The van der Waals surface area contributed by atoms with Gasteiger partial charge in [-0.25, -0.2) is 9.59 Å². The number of nitrogens with two attached hydrogens (primary N) is 1. The zero-order chi connectivity index (χ0) is 21.1. The Morgan fingerprint density at radius 3 is 2.24 bits per heavy atom. The summed E-state index contributed by atoms with van der Waals surface area (Å²) in [5.41, 5.74) is 7.15. The third-order valence-corrected chi connectivity index (χ3v) is 3.84. The number of hydrogen-bond donors (Lipinski definition) is 1. The maximum atomic E-state index is 12.5. The van der Waals surface area contributed by atoms with Gasteiger partial charge >= 0.3 is 11.9 Å². The van der Waals surface area contributed by atoms with Gasteiger partial charge in [-0.05, 0) is 17.7 Å². The summed E-state index contributed by atoms with van der Waals surface area (Å²) in [7, 11) is 3.02. The molecule has 2 aromatic rings. The molecule has 156 valence electrons. The number of rotatable bonds is 11. The van der Waals surface area contributed by atoms with E-state index in [2.05, 4.69) is 0 Å². The van der Waals surface area contributed by atoms with Crippen LogP contribution in [0.2, 0.25) is 0 Å². The molecule has 2 rings (SSSR count). The Bertz CT molecular complexity index is 808. The van der Waals surface area contributed by atoms with Gasteiger partial charge in [-0.2, -0.15) is 0 Å². The van der Waals surface area contributed by atoms with Crippen molar-refractivity contribution in [2.75, 3.05) is 46.4 Å². The summed E-state index contributed by atoms with van der Waals surface area (Å²) in [6.45, 7) is 0.865. The Labute approximate surface area is 169 Å². The van der Waals surface area contributed by atoms with Gasteiger partial charge in [0.15, 0.2) is 5.75 Å². The molecule has 0 unspecified atom stereocenters. The minimum absolute atomic E-state index is 0.0314. The smallest absolute Gasteiger partial charge is 0.342 e. The molecule has 0 radical (unpaired) electrons. The first-order valence-electron chi connectivity index (χ1n) is 8.99. The normalized spacial score (nSPS) is 10.4. The molecule has 0 aliphatic carbocycles. The Kier molecular flexibility index (Phi) is 8.94. The van der Waals surface area contributed by atoms with E-state index in [9.17, 15) is 9.59 Å². The van der Waals surface area contributed by atoms with Gasteiger partial charge in [0.1, 0.15) is 25.4 Å². The molecule has 0 aromatic heterocycles. The number of carbonyl (C=O) groups excluding carboxylic acids is 2. The lowest BCUT2D eigenvalue weighted by Gasteiger charge is -2.15. The minimum Gasteiger partial charge on any atom is -0.488 e. The van der Waals surface area contributed by atoms with E-state index in [-0.39, 0.29) is 49.0 Å². The third-order valence-electron chi connectivity index (χ3n) is 3.84. The van der Waals surface area contributed by atoms with Crippen LogP contribution in [0.25, 0.3) is 0 Å². The van der Waals surface area contributed by atoms with Crippen LogP contribution in [0.4, 0.5) is 5.69 Å². The number of methoxy groups -OCH3 is 2. The Hall–Kier alpha value is -3.10. The maximum absolute atomic E-state index is 12.5. The van der Waals surface area contributed by atoms with Crippen molar-refractivity contribution in [2.24, 2.45) is 0 Å². The van der Waals surface area contributed by atoms with E-state index in [0.29, 0.717) is 6.61 Å². The molecule has 2 N–H and O–H groups in total. The average molecular weight is 403 g/mol. The lowest BCUT2D eigenvalue weighted by atomic mass is 10.1. The average Bonchev–Trinajstić information content (AvgIpc) is 2.73. The van der Waals surface area contributed by atoms with Crippen LogP contribution in [-0.2, 0) is 25.6 Å². The van der Waals surface area contributed by atoms with Crippen molar-refractivity contribution in [3.05, 3.63) is 59.2 Å². The molecule has 0 bridgehead atoms. The lowest BCUT2D eigenvalue weighted by molar-refractivity contribution is 0.0382. The van der Waals surface area contributed by atoms with Crippen molar-refractivity contribution >= 4 is 17.6 Å². The predicted molar refractivity (Wildman–Crippen MR) is 106 cm³/mol. The summed E-state index contributed by atoms with van der Waals surface area (Å²) in [6, 6.07) is 12.0. The number of ether oxygens (including phenoxy) is 5. The molecule has 2 aromatic carbocycles. The monoisotopic (exact) mass is 403 g/mol. The van der Waals surface area contributed by atoms with Crippen molar-refractivity contribution < 1.29 is 33.3 Å². The first-order valence-corrected chi connectivity index (χ1v) is 8.99. The van der Waals surface area contributed by atoms with E-state index in [1.807, 2.05) is 30.3 Å². The Morgan fingerprint density at radius 2 is 1.55 bits per heavy atom. The van der Waals surface area contributed by atoms with E-state index in [0.717, 1.165) is 5.56 Å². The molecule has 8 heteroatoms. The molecular formula is C21H25NO7. The highest BCUT2D eigenvalue weighted by molar-refractivity contribution is 5.99. The van der Waals surface area contributed by atoms with Crippen molar-refractivity contribution in [1.82, 2.24) is 0 Å². The van der Waals surface area contributed by atoms with Crippen molar-refractivity contribution in [3.8, 4) is 5.75 Å². The van der Waals surface area contributed by atoms with Crippen LogP contribution in [0.15, 0.2) is 42.5 Å². The molecule has 0 atom stereocenters. The Balaban J connectivity index is 2.21. The zero-order valence-electron chi connectivity index (χ0n) is 16.5. The van der Waals surface area contributed by atoms with E-state index >= 15 is 0 Å². The fourth-order valence-corrected chi connectivity index (χ4v) is 2.41. The highest BCUT2D eigenvalue weighted by Gasteiger charge is 2.21. The second kappa shape index (κ2) is 11.7. The standard InChI is InChI=1S/C21H25NO7/c1-25-8-10-27-19-17(21(24)28-11-9-26-2)12-16(13-18(19)22)20(23)29-14-15-6-4-3-5-7-15/h3-7,12-13H,8-11,14,22H2,1-2H3. The topological polar surface area (TPSA) is 106 Å². The highest BCUT2D eigenvalue weighted by Crippen LogP contribution is 2.30. The van der Waals surface area contributed by atoms with Crippen LogP contribution in [0.1, 0.15) is 26.3 Å². The number of hydrogen-bond acceptors (Lipinski definition) is 8. The molecule has 0 fully saturated rings. The molecule has 0 saturated carbocycles. The molecule has 29 heavy (non-hydrogen) atoms. The summed E-state index contributed by atoms with van der Waals surface area (Å²) in [6.07, 6.45) is 0. The summed E-state index contributed by atoms with van der Waals surface area (Å²) in [5.74, 6) is -1.17. The molecular weight excluding hydrogens is 378 g/mol. The first-order chi connectivity index (χ1) is 14.1. The molecule has 0 aliphatic heterocycles. The van der Waals surface area contributed by atoms with Crippen LogP contribution < -0.4 is 10.5 Å². The third kappa shape index (κ3) is 6.78. The van der Waals surface area contributed by atoms with Crippen molar-refractivity contribution in [3.63, 3.8) is 0 Å². The van der Waals surface area contributed by atoms with E-state index in [1.54, 1.807) is 0 Å². The van der Waals surface area contributed by atoms with Gasteiger partial charge in [0, 0.05) is 14.2 Å². The fraction of sp³-hybridized carbons (Fsp3) is 0.333. The summed E-state index contributed by atoms with van der Waals surface area (Å²) < 4.78 is 25.9. The van der Waals surface area contributed by atoms with E-state index in [4.69, 9.17) is 29.4 Å². The zero-order valence-corrected chi connectivity index (χ0v) is 16.5. The first kappa shape index (κ1) is 22.2. The second-order valence-electron chi connectivity index (χ2n) is 5.97. The quantitative estimate of drug-likeness (QED) is 0.346. The number of esters is 2. The van der Waals surface area contributed by atoms with E-state index < -0.39 is 11.9 Å². The minimum atomic E-state index is -0.682. The van der Waals surface area contributed by atoms with Gasteiger partial charge < -0.3 is 29.4 Å². The molecule has 0 spiro atoms. The summed E-state index contributed by atoms with van der Waals surface area (Å²) in [5, 5.41) is 0. The molecule has 0 amide bonds. The maximum Gasteiger partial charge on any atom is 0.342 e. The number of benzene rings is 2. The SMILES string of the molecule is COCCOC(=O)c1cc(C(=O)OCc2ccccc2)cc(N)c1OCCOC. The summed E-state index contributed by atoms with van der Waals surface area (Å²) in [4.78, 5) is 24.9. The van der Waals surface area contributed by atoms with Crippen molar-refractivity contribution in [2.45, 2.75) is 6.61 Å². The van der Waals surface area contributed by atoms with Gasteiger partial charge in [0.25, 0.3) is 0 Å². The predicted octanol–water partition coefficient (Wildman–Crippen LogP) is 2.45. The van der Waals surface area contributed by atoms with Crippen molar-refractivity contribution in [1.29, 1.82) is 0 Å². The number of nitrogen functional groups attached to an aromatic ring is 1. The van der Waals surface area contributed by atoms with Crippen LogP contribution in [0.3, 0.4) is 0 Å². The number of anilines is 1. The summed E-state index contributed by atoms with van der Waals surface area (Å²) >= 11 is 0. The second-order valence-corrected chi connectivity index (χ2v) is 5.97. The fourth-order valence-electron chi connectivity index (χ4n) is 2.41. The van der Waals surface area contributed by atoms with Crippen LogP contribution in [-0.4, -0.2) is 52.6 Å². The van der Waals surface area contributed by atoms with E-state index in [1.165, 1.54) is 26.4 Å². The highest BCUT2D eigenvalue weighted by atomic mass is 16.6. The number of carbonyl (C=O) groups is 2. The van der Waals surface area contributed by atoms with Crippen LogP contribution >= 0.6 is 0 Å². The molecule has 0 heterocycles. The molecule has 0 saturated heterocycles. The van der Waals surface area contributed by atoms with Gasteiger partial charge in [-0.3, -0.25) is 0 Å².